The third-order valence-corrected chi connectivity index (χ3v) is 6.57. The first kappa shape index (κ1) is 20.1. The number of nitrogens with one attached hydrogen (secondary N) is 1. The Balaban J connectivity index is 1.44. The first-order valence-corrected chi connectivity index (χ1v) is 10.8. The van der Waals surface area contributed by atoms with E-state index in [0.29, 0.717) is 17.8 Å². The van der Waals surface area contributed by atoms with Gasteiger partial charge in [-0.05, 0) is 48.7 Å². The van der Waals surface area contributed by atoms with Crippen molar-refractivity contribution in [2.45, 2.75) is 20.0 Å². The van der Waals surface area contributed by atoms with Crippen molar-refractivity contribution < 1.29 is 9.18 Å². The molecule has 9 heteroatoms. The molecule has 3 heterocycles. The van der Waals surface area contributed by atoms with Crippen LogP contribution in [0.15, 0.2) is 58.7 Å². The third-order valence-electron chi connectivity index (χ3n) is 4.37. The van der Waals surface area contributed by atoms with Crippen molar-refractivity contribution in [1.29, 1.82) is 0 Å². The molecule has 30 heavy (non-hydrogen) atoms. The van der Waals surface area contributed by atoms with Gasteiger partial charge < -0.3 is 5.32 Å². The van der Waals surface area contributed by atoms with E-state index in [1.807, 2.05) is 24.4 Å². The van der Waals surface area contributed by atoms with E-state index in [2.05, 4.69) is 15.4 Å². The van der Waals surface area contributed by atoms with Crippen LogP contribution in [-0.4, -0.2) is 20.7 Å². The van der Waals surface area contributed by atoms with E-state index in [-0.39, 0.29) is 23.8 Å². The Hall–Kier alpha value is -3.17. The molecule has 0 spiro atoms. The lowest BCUT2D eigenvalue weighted by Gasteiger charge is -2.08. The van der Waals surface area contributed by atoms with E-state index in [9.17, 15) is 14.0 Å². The minimum atomic E-state index is -0.384. The zero-order chi connectivity index (χ0) is 21.1. The van der Waals surface area contributed by atoms with Crippen LogP contribution < -0.4 is 10.9 Å². The Bertz CT molecular complexity index is 1230. The molecule has 1 aromatic carbocycles. The number of thiazole rings is 1. The standard InChI is InChI=1S/C21H17FN4O2S2/c1-13-18(30-21(24-13)17-3-2-10-29-17)11-23-19(27)12-26-20(28)9-8-16(25-26)14-4-6-15(22)7-5-14/h2-10H,11-12H2,1H3,(H,23,27). The first-order valence-electron chi connectivity index (χ1n) is 9.10. The van der Waals surface area contributed by atoms with Gasteiger partial charge in [0.25, 0.3) is 5.56 Å². The SMILES string of the molecule is Cc1nc(-c2cccs2)sc1CNC(=O)Cn1nc(-c2ccc(F)cc2)ccc1=O. The van der Waals surface area contributed by atoms with Crippen LogP contribution in [0.3, 0.4) is 0 Å². The molecular weight excluding hydrogens is 423 g/mol. The zero-order valence-electron chi connectivity index (χ0n) is 16.0. The Labute approximate surface area is 179 Å². The highest BCUT2D eigenvalue weighted by atomic mass is 32.1. The van der Waals surface area contributed by atoms with E-state index in [1.165, 1.54) is 29.5 Å². The van der Waals surface area contributed by atoms with Gasteiger partial charge in [-0.2, -0.15) is 5.10 Å². The van der Waals surface area contributed by atoms with Crippen LogP contribution in [0, 0.1) is 12.7 Å². The van der Waals surface area contributed by atoms with Gasteiger partial charge in [-0.3, -0.25) is 9.59 Å². The van der Waals surface area contributed by atoms with E-state index < -0.39 is 0 Å². The second kappa shape index (κ2) is 8.68. The molecule has 1 N–H and O–H groups in total. The van der Waals surface area contributed by atoms with Crippen molar-refractivity contribution in [2.24, 2.45) is 0 Å². The van der Waals surface area contributed by atoms with Crippen LogP contribution in [0.2, 0.25) is 0 Å². The average molecular weight is 441 g/mol. The number of hydrogen-bond acceptors (Lipinski definition) is 6. The Morgan fingerprint density at radius 1 is 1.17 bits per heavy atom. The quantitative estimate of drug-likeness (QED) is 0.494. The number of thiophene rings is 1. The molecule has 152 valence electrons. The number of benzene rings is 1. The number of hydrogen-bond donors (Lipinski definition) is 1. The van der Waals surface area contributed by atoms with Gasteiger partial charge in [0.1, 0.15) is 17.4 Å². The van der Waals surface area contributed by atoms with Crippen LogP contribution >= 0.6 is 22.7 Å². The molecule has 0 atom stereocenters. The summed E-state index contributed by atoms with van der Waals surface area (Å²) in [6.07, 6.45) is 0. The summed E-state index contributed by atoms with van der Waals surface area (Å²) < 4.78 is 14.2. The fraction of sp³-hybridized carbons (Fsp3) is 0.143. The maximum atomic E-state index is 13.1. The van der Waals surface area contributed by atoms with Crippen molar-refractivity contribution in [3.63, 3.8) is 0 Å². The highest BCUT2D eigenvalue weighted by Crippen LogP contribution is 2.30. The summed E-state index contributed by atoms with van der Waals surface area (Å²) in [7, 11) is 0. The van der Waals surface area contributed by atoms with Crippen molar-refractivity contribution in [1.82, 2.24) is 20.1 Å². The van der Waals surface area contributed by atoms with Gasteiger partial charge in [0, 0.05) is 16.5 Å². The highest BCUT2D eigenvalue weighted by molar-refractivity contribution is 7.21. The Kier molecular flexibility index (Phi) is 5.82. The second-order valence-electron chi connectivity index (χ2n) is 6.50. The summed E-state index contributed by atoms with van der Waals surface area (Å²) in [5.74, 6) is -0.682. The number of aryl methyl sites for hydroxylation is 1. The molecule has 0 radical (unpaired) electrons. The highest BCUT2D eigenvalue weighted by Gasteiger charge is 2.13. The number of aromatic nitrogens is 3. The molecule has 0 aliphatic carbocycles. The summed E-state index contributed by atoms with van der Waals surface area (Å²) in [5, 5.41) is 9.99. The van der Waals surface area contributed by atoms with Gasteiger partial charge in [0.2, 0.25) is 5.91 Å². The average Bonchev–Trinajstić information content (AvgIpc) is 3.39. The lowest BCUT2D eigenvalue weighted by Crippen LogP contribution is -2.33. The molecule has 1 amide bonds. The van der Waals surface area contributed by atoms with Crippen LogP contribution in [-0.2, 0) is 17.9 Å². The second-order valence-corrected chi connectivity index (χ2v) is 8.53. The van der Waals surface area contributed by atoms with Gasteiger partial charge in [-0.25, -0.2) is 14.1 Å². The van der Waals surface area contributed by atoms with Crippen LogP contribution in [0.5, 0.6) is 0 Å². The monoisotopic (exact) mass is 440 g/mol. The lowest BCUT2D eigenvalue weighted by atomic mass is 10.1. The van der Waals surface area contributed by atoms with Gasteiger partial charge in [-0.1, -0.05) is 6.07 Å². The van der Waals surface area contributed by atoms with Gasteiger partial charge in [-0.15, -0.1) is 22.7 Å². The largest absolute Gasteiger partial charge is 0.350 e. The lowest BCUT2D eigenvalue weighted by molar-refractivity contribution is -0.122. The number of halogens is 1. The summed E-state index contributed by atoms with van der Waals surface area (Å²) in [6.45, 7) is 2.04. The molecule has 4 rings (SSSR count). The molecule has 0 aliphatic heterocycles. The van der Waals surface area contributed by atoms with Gasteiger partial charge in [0.15, 0.2) is 0 Å². The minimum Gasteiger partial charge on any atom is -0.350 e. The van der Waals surface area contributed by atoms with Crippen LogP contribution in [0.1, 0.15) is 10.6 Å². The molecular formula is C21H17FN4O2S2. The predicted octanol–water partition coefficient (Wildman–Crippen LogP) is 3.86. The molecule has 0 saturated heterocycles. The summed E-state index contributed by atoms with van der Waals surface area (Å²) in [4.78, 5) is 31.1. The molecule has 6 nitrogen and oxygen atoms in total. The zero-order valence-corrected chi connectivity index (χ0v) is 17.6. The minimum absolute atomic E-state index is 0.205. The van der Waals surface area contributed by atoms with E-state index in [4.69, 9.17) is 0 Å². The number of carbonyl (C=O) groups is 1. The number of nitrogens with zero attached hydrogens (tertiary/aromatic N) is 3. The van der Waals surface area contributed by atoms with E-state index in [0.717, 1.165) is 25.1 Å². The first-order chi connectivity index (χ1) is 14.5. The third kappa shape index (κ3) is 4.52. The maximum Gasteiger partial charge on any atom is 0.267 e. The normalized spacial score (nSPS) is 10.9. The van der Waals surface area contributed by atoms with Gasteiger partial charge >= 0.3 is 0 Å². The van der Waals surface area contributed by atoms with E-state index in [1.54, 1.807) is 29.5 Å². The Morgan fingerprint density at radius 3 is 2.70 bits per heavy atom. The van der Waals surface area contributed by atoms with Crippen molar-refractivity contribution in [2.75, 3.05) is 0 Å². The smallest absolute Gasteiger partial charge is 0.267 e. The molecule has 0 saturated carbocycles. The number of amides is 1. The molecule has 0 fully saturated rings. The van der Waals surface area contributed by atoms with Gasteiger partial charge in [0.05, 0.1) is 22.8 Å². The van der Waals surface area contributed by atoms with Crippen molar-refractivity contribution in [3.05, 3.63) is 80.7 Å². The van der Waals surface area contributed by atoms with Crippen LogP contribution in [0.4, 0.5) is 4.39 Å². The fourth-order valence-corrected chi connectivity index (χ4v) is 4.60. The molecule has 0 unspecified atom stereocenters. The van der Waals surface area contributed by atoms with Crippen molar-refractivity contribution >= 4 is 28.6 Å². The fourth-order valence-electron chi connectivity index (χ4n) is 2.81. The predicted molar refractivity (Wildman–Crippen MR) is 116 cm³/mol. The maximum absolute atomic E-state index is 13.1. The van der Waals surface area contributed by atoms with Crippen molar-refractivity contribution in [3.8, 4) is 21.1 Å². The summed E-state index contributed by atoms with van der Waals surface area (Å²) in [5.41, 5.74) is 1.63. The number of rotatable bonds is 6. The molecule has 4 aromatic rings. The Morgan fingerprint density at radius 2 is 1.97 bits per heavy atom. The van der Waals surface area contributed by atoms with E-state index >= 15 is 0 Å². The van der Waals surface area contributed by atoms with Crippen LogP contribution in [0.25, 0.3) is 21.1 Å². The number of carbonyl (C=O) groups excluding carboxylic acids is 1. The molecule has 3 aromatic heterocycles. The summed E-state index contributed by atoms with van der Waals surface area (Å²) >= 11 is 3.16. The molecule has 0 bridgehead atoms. The molecule has 0 aliphatic rings. The topological polar surface area (TPSA) is 76.9 Å². The summed E-state index contributed by atoms with van der Waals surface area (Å²) in [6, 6.07) is 12.7.